The van der Waals surface area contributed by atoms with Crippen LogP contribution in [0.4, 0.5) is 0 Å². The lowest BCUT2D eigenvalue weighted by Gasteiger charge is -1.84. The third-order valence-corrected chi connectivity index (χ3v) is 1.91. The van der Waals surface area contributed by atoms with Gasteiger partial charge in [-0.15, -0.1) is 0 Å². The van der Waals surface area contributed by atoms with Crippen LogP contribution in [-0.4, -0.2) is 15.0 Å². The molecule has 0 aromatic carbocycles. The zero-order valence-corrected chi connectivity index (χ0v) is 8.68. The highest BCUT2D eigenvalue weighted by molar-refractivity contribution is 4.75. The highest BCUT2D eigenvalue weighted by Crippen LogP contribution is 1.84. The Morgan fingerprint density at radius 1 is 1.50 bits per heavy atom. The third kappa shape index (κ3) is 3.40. The van der Waals surface area contributed by atoms with E-state index in [0.29, 0.717) is 0 Å². The largest absolute Gasteiger partial charge is 0.450 e. The van der Waals surface area contributed by atoms with Gasteiger partial charge in [0.05, 0.1) is 14.1 Å². The summed E-state index contributed by atoms with van der Waals surface area (Å²) in [6, 6.07) is 0. The maximum atomic E-state index is 3.61. The Kier molecular flexibility index (Phi) is 5.24. The first-order chi connectivity index (χ1) is 6.22. The van der Waals surface area contributed by atoms with Gasteiger partial charge in [0.15, 0.2) is 0 Å². The molecule has 2 rings (SSSR count). The summed E-state index contributed by atoms with van der Waals surface area (Å²) in [7, 11) is 4.07. The van der Waals surface area contributed by atoms with Gasteiger partial charge in [0.2, 0.25) is 0 Å². The predicted molar refractivity (Wildman–Crippen MR) is 52.5 cm³/mol. The number of aryl methyl sites for hydroxylation is 2. The van der Waals surface area contributed by atoms with Gasteiger partial charge in [0, 0.05) is 6.92 Å². The quantitative estimate of drug-likeness (QED) is 0.527. The van der Waals surface area contributed by atoms with Crippen molar-refractivity contribution in [2.45, 2.75) is 6.92 Å². The molecule has 0 atom stereocenters. The smallest absolute Gasteiger partial charge is 0.252 e. The van der Waals surface area contributed by atoms with E-state index in [-0.39, 0.29) is 5.48 Å². The Morgan fingerprint density at radius 3 is 2.36 bits per heavy atom. The second-order valence-corrected chi connectivity index (χ2v) is 2.78. The Hall–Kier alpha value is -1.62. The van der Waals surface area contributed by atoms with Crippen molar-refractivity contribution in [1.29, 1.82) is 0 Å². The van der Waals surface area contributed by atoms with E-state index in [1.54, 1.807) is 12.4 Å². The van der Waals surface area contributed by atoms with Crippen LogP contribution in [0.1, 0.15) is 5.82 Å². The maximum Gasteiger partial charge on any atom is 0.252 e. The molecule has 2 aromatic heterocycles. The van der Waals surface area contributed by atoms with Crippen LogP contribution >= 0.6 is 0 Å². The summed E-state index contributed by atoms with van der Waals surface area (Å²) in [5, 5.41) is 0. The van der Waals surface area contributed by atoms with Crippen LogP contribution in [0.3, 0.4) is 0 Å². The van der Waals surface area contributed by atoms with Gasteiger partial charge in [-0.3, -0.25) is 0 Å². The monoisotopic (exact) mass is 196 g/mol. The molecule has 0 bridgehead atoms. The fourth-order valence-electron chi connectivity index (χ4n) is 0.857. The summed E-state index contributed by atoms with van der Waals surface area (Å²) in [4.78, 5) is 7.22. The molecule has 14 heavy (non-hydrogen) atoms. The molecule has 0 spiro atoms. The minimum Gasteiger partial charge on any atom is -0.450 e. The molecule has 0 aliphatic heterocycles. The van der Waals surface area contributed by atoms with Crippen LogP contribution in [-0.2, 0) is 14.1 Å². The molecule has 5 heteroatoms. The lowest BCUT2D eigenvalue weighted by molar-refractivity contribution is -0.677. The average molecular weight is 196 g/mol. The van der Waals surface area contributed by atoms with Gasteiger partial charge < -0.3 is 15.4 Å². The molecule has 0 unspecified atom stereocenters. The molecule has 0 amide bonds. The van der Waals surface area contributed by atoms with E-state index in [0.717, 1.165) is 0 Å². The molecule has 0 aliphatic carbocycles. The summed E-state index contributed by atoms with van der Waals surface area (Å²) >= 11 is 0. The van der Waals surface area contributed by atoms with Crippen molar-refractivity contribution in [3.63, 3.8) is 0 Å². The minimum absolute atomic E-state index is 0. The molecule has 0 aliphatic rings. The fourth-order valence-corrected chi connectivity index (χ4v) is 0.857. The number of rotatable bonds is 0. The van der Waals surface area contributed by atoms with Crippen molar-refractivity contribution >= 4 is 0 Å². The fraction of sp³-hybridized carbons (Fsp3) is 0.333. The van der Waals surface area contributed by atoms with E-state index in [4.69, 9.17) is 0 Å². The van der Waals surface area contributed by atoms with E-state index in [1.165, 1.54) is 12.2 Å². The van der Waals surface area contributed by atoms with E-state index in [2.05, 4.69) is 26.0 Å². The Labute approximate surface area is 83.3 Å². The highest BCUT2D eigenvalue weighted by Gasteiger charge is 2.00. The van der Waals surface area contributed by atoms with Crippen molar-refractivity contribution in [3.8, 4) is 0 Å². The lowest BCUT2D eigenvalue weighted by Crippen LogP contribution is -2.29. The van der Waals surface area contributed by atoms with Gasteiger partial charge in [-0.2, -0.15) is 0 Å². The zero-order chi connectivity index (χ0) is 9.68. The maximum absolute atomic E-state index is 3.61. The second-order valence-electron chi connectivity index (χ2n) is 2.78. The molecule has 2 aromatic rings. The van der Waals surface area contributed by atoms with Gasteiger partial charge in [0.1, 0.15) is 12.4 Å². The van der Waals surface area contributed by atoms with Crippen LogP contribution in [0.2, 0.25) is 0 Å². The Bertz CT molecular complexity index is 303. The molecule has 78 valence electrons. The normalized spacial score (nSPS) is 8.50. The van der Waals surface area contributed by atoms with Crippen molar-refractivity contribution < 1.29 is 10.0 Å². The summed E-state index contributed by atoms with van der Waals surface area (Å²) < 4.78 is 4.17. The number of imidazole rings is 2. The van der Waals surface area contributed by atoms with E-state index >= 15 is 0 Å². The first-order valence-electron chi connectivity index (χ1n) is 4.06. The summed E-state index contributed by atoms with van der Waals surface area (Å²) in [5.41, 5.74) is 0. The average Bonchev–Trinajstić information content (AvgIpc) is 2.75. The molecule has 0 saturated carbocycles. The molecular weight excluding hydrogens is 180 g/mol. The third-order valence-electron chi connectivity index (χ3n) is 1.91. The van der Waals surface area contributed by atoms with Gasteiger partial charge in [-0.05, 0) is 0 Å². The molecule has 0 fully saturated rings. The van der Waals surface area contributed by atoms with Crippen molar-refractivity contribution in [3.05, 3.63) is 36.9 Å². The SMILES string of the molecule is Cc1n(C)cc[n+]1C.O.c1c[n-]cn1. The lowest BCUT2D eigenvalue weighted by atomic mass is 10.7. The molecule has 5 nitrogen and oxygen atoms in total. The van der Waals surface area contributed by atoms with Crippen molar-refractivity contribution in [1.82, 2.24) is 14.5 Å². The topological polar surface area (TPSA) is 67.3 Å². The number of nitrogens with zero attached hydrogens (tertiary/aromatic N) is 4. The minimum atomic E-state index is 0. The number of hydrogen-bond donors (Lipinski definition) is 0. The number of aromatic nitrogens is 4. The summed E-state index contributed by atoms with van der Waals surface area (Å²) in [6.45, 7) is 2.08. The highest BCUT2D eigenvalue weighted by atomic mass is 16.0. The van der Waals surface area contributed by atoms with Crippen LogP contribution in [0, 0.1) is 6.92 Å². The van der Waals surface area contributed by atoms with E-state index in [9.17, 15) is 0 Å². The van der Waals surface area contributed by atoms with E-state index in [1.807, 2.05) is 26.5 Å². The Morgan fingerprint density at radius 2 is 2.21 bits per heavy atom. The molecular formula is C9H16N4O. The first kappa shape index (κ1) is 12.4. The summed E-state index contributed by atoms with van der Waals surface area (Å²) in [5.74, 6) is 1.27. The first-order valence-corrected chi connectivity index (χ1v) is 4.06. The van der Waals surface area contributed by atoms with Gasteiger partial charge in [-0.1, -0.05) is 18.7 Å². The molecule has 0 radical (unpaired) electrons. The summed E-state index contributed by atoms with van der Waals surface area (Å²) in [6.07, 6.45) is 8.85. The molecule has 0 saturated heterocycles. The van der Waals surface area contributed by atoms with Crippen molar-refractivity contribution in [2.24, 2.45) is 14.1 Å². The van der Waals surface area contributed by atoms with Gasteiger partial charge >= 0.3 is 0 Å². The van der Waals surface area contributed by atoms with Crippen LogP contribution in [0.25, 0.3) is 0 Å². The molecule has 2 heterocycles. The van der Waals surface area contributed by atoms with Crippen LogP contribution in [0.5, 0.6) is 0 Å². The van der Waals surface area contributed by atoms with Gasteiger partial charge in [0.25, 0.3) is 5.82 Å². The predicted octanol–water partition coefficient (Wildman–Crippen LogP) is -0.628. The molecule has 2 N–H and O–H groups in total. The standard InChI is InChI=1S/C6H11N2.C3H3N2.H2O/c1-6-7(2)4-5-8(6)3;1-2-5-3-4-1;/h4-5H,1-3H3;1-3H;1H2/q+1;-1;. The van der Waals surface area contributed by atoms with Crippen LogP contribution in [0.15, 0.2) is 31.1 Å². The van der Waals surface area contributed by atoms with Gasteiger partial charge in [-0.25, -0.2) is 9.13 Å². The zero-order valence-electron chi connectivity index (χ0n) is 8.68. The Balaban J connectivity index is 0.000000246. The number of hydrogen-bond acceptors (Lipinski definition) is 1. The second kappa shape index (κ2) is 5.93. The van der Waals surface area contributed by atoms with Crippen LogP contribution < -0.4 is 9.55 Å². The van der Waals surface area contributed by atoms with E-state index < -0.39 is 0 Å². The van der Waals surface area contributed by atoms with Crippen molar-refractivity contribution in [2.75, 3.05) is 0 Å².